The molecule has 0 unspecified atom stereocenters. The highest BCUT2D eigenvalue weighted by atomic mass is 32.2. The van der Waals surface area contributed by atoms with Crippen molar-refractivity contribution in [2.75, 3.05) is 37.7 Å². The Hall–Kier alpha value is -3.20. The molecule has 0 saturated carbocycles. The zero-order valence-electron chi connectivity index (χ0n) is 20.1. The third-order valence-corrected chi connectivity index (χ3v) is 7.91. The van der Waals surface area contributed by atoms with E-state index >= 15 is 0 Å². The quantitative estimate of drug-likeness (QED) is 0.519. The first-order chi connectivity index (χ1) is 16.8. The van der Waals surface area contributed by atoms with Crippen molar-refractivity contribution in [3.8, 4) is 0 Å². The number of ether oxygens (including phenoxy) is 1. The van der Waals surface area contributed by atoms with Crippen LogP contribution in [0.2, 0.25) is 0 Å². The molecule has 8 heteroatoms. The summed E-state index contributed by atoms with van der Waals surface area (Å²) < 4.78 is 32.9. The van der Waals surface area contributed by atoms with Crippen LogP contribution in [0, 0.1) is 6.92 Å². The summed E-state index contributed by atoms with van der Waals surface area (Å²) in [7, 11) is -2.34. The summed E-state index contributed by atoms with van der Waals surface area (Å²) in [4.78, 5) is 15.6. The molecule has 3 aromatic carbocycles. The van der Waals surface area contributed by atoms with Crippen LogP contribution >= 0.6 is 0 Å². The van der Waals surface area contributed by atoms with E-state index in [4.69, 9.17) is 4.74 Å². The largest absolute Gasteiger partial charge is 0.379 e. The van der Waals surface area contributed by atoms with Gasteiger partial charge in [-0.3, -0.25) is 14.0 Å². The number of nitrogens with zero attached hydrogens (tertiary/aromatic N) is 2. The van der Waals surface area contributed by atoms with Gasteiger partial charge in [0.1, 0.15) is 0 Å². The van der Waals surface area contributed by atoms with Crippen molar-refractivity contribution in [2.45, 2.75) is 24.9 Å². The van der Waals surface area contributed by atoms with Gasteiger partial charge in [-0.25, -0.2) is 8.42 Å². The first kappa shape index (κ1) is 24.9. The van der Waals surface area contributed by atoms with Crippen LogP contribution in [0.15, 0.2) is 77.7 Å². The Kier molecular flexibility index (Phi) is 7.85. The number of carbonyl (C=O) groups is 1. The van der Waals surface area contributed by atoms with Gasteiger partial charge in [0.05, 0.1) is 29.4 Å². The van der Waals surface area contributed by atoms with E-state index < -0.39 is 10.0 Å². The van der Waals surface area contributed by atoms with Gasteiger partial charge in [0.25, 0.3) is 15.9 Å². The summed E-state index contributed by atoms with van der Waals surface area (Å²) in [5.74, 6) is -0.329. The third kappa shape index (κ3) is 6.08. The van der Waals surface area contributed by atoms with Crippen molar-refractivity contribution in [1.29, 1.82) is 0 Å². The standard InChI is InChI=1S/C27H31N3O4S/c1-21-10-12-24(13-11-21)35(32,33)29(2)26-9-4-3-8-25(26)27(31)28-19-22-6-5-7-23(18-22)20-30-14-16-34-17-15-30/h3-13,18H,14-17,19-20H2,1-2H3,(H,28,31). The minimum absolute atomic E-state index is 0.179. The summed E-state index contributed by atoms with van der Waals surface area (Å²) in [5, 5.41) is 2.95. The summed E-state index contributed by atoms with van der Waals surface area (Å²) in [6.07, 6.45) is 0. The van der Waals surface area contributed by atoms with Crippen LogP contribution in [0.25, 0.3) is 0 Å². The van der Waals surface area contributed by atoms with Gasteiger partial charge < -0.3 is 10.1 Å². The van der Waals surface area contributed by atoms with Gasteiger partial charge in [-0.1, -0.05) is 54.1 Å². The predicted octanol–water partition coefficient (Wildman–Crippen LogP) is 3.58. The molecule has 7 nitrogen and oxygen atoms in total. The van der Waals surface area contributed by atoms with E-state index in [-0.39, 0.29) is 10.8 Å². The summed E-state index contributed by atoms with van der Waals surface area (Å²) >= 11 is 0. The van der Waals surface area contributed by atoms with Crippen molar-refractivity contribution in [2.24, 2.45) is 0 Å². The number of benzene rings is 3. The molecule has 0 atom stereocenters. The maximum Gasteiger partial charge on any atom is 0.264 e. The van der Waals surface area contributed by atoms with Crippen LogP contribution in [0.1, 0.15) is 27.0 Å². The Morgan fingerprint density at radius 2 is 1.66 bits per heavy atom. The van der Waals surface area contributed by atoms with Gasteiger partial charge in [0.2, 0.25) is 0 Å². The molecule has 0 bridgehead atoms. The molecule has 184 valence electrons. The maximum absolute atomic E-state index is 13.2. The lowest BCUT2D eigenvalue weighted by Gasteiger charge is -2.26. The maximum atomic E-state index is 13.2. The molecule has 0 aliphatic carbocycles. The lowest BCUT2D eigenvalue weighted by Crippen LogP contribution is -2.35. The van der Waals surface area contributed by atoms with E-state index in [1.807, 2.05) is 19.1 Å². The molecular formula is C27H31N3O4S. The van der Waals surface area contributed by atoms with E-state index in [1.54, 1.807) is 48.5 Å². The topological polar surface area (TPSA) is 79.0 Å². The molecule has 3 aromatic rings. The summed E-state index contributed by atoms with van der Waals surface area (Å²) in [6, 6.07) is 21.5. The molecule has 4 rings (SSSR count). The van der Waals surface area contributed by atoms with E-state index in [0.717, 1.165) is 48.3 Å². The Morgan fingerprint density at radius 3 is 2.40 bits per heavy atom. The number of carbonyl (C=O) groups excluding carboxylic acids is 1. The summed E-state index contributed by atoms with van der Waals surface area (Å²) in [5.41, 5.74) is 3.77. The first-order valence-corrected chi connectivity index (χ1v) is 13.1. The molecule has 1 aliphatic rings. The van der Waals surface area contributed by atoms with Crippen LogP contribution < -0.4 is 9.62 Å². The molecule has 1 aliphatic heterocycles. The minimum atomic E-state index is -3.81. The average molecular weight is 494 g/mol. The molecule has 1 heterocycles. The Labute approximate surface area is 207 Å². The van der Waals surface area contributed by atoms with E-state index in [1.165, 1.54) is 12.6 Å². The number of nitrogens with one attached hydrogen (secondary N) is 1. The monoisotopic (exact) mass is 493 g/mol. The highest BCUT2D eigenvalue weighted by Gasteiger charge is 2.25. The second-order valence-electron chi connectivity index (χ2n) is 8.69. The number of para-hydroxylation sites is 1. The highest BCUT2D eigenvalue weighted by Crippen LogP contribution is 2.26. The zero-order valence-corrected chi connectivity index (χ0v) is 20.9. The Morgan fingerprint density at radius 1 is 0.971 bits per heavy atom. The third-order valence-electron chi connectivity index (χ3n) is 6.12. The number of rotatable bonds is 8. The molecule has 1 saturated heterocycles. The number of morpholine rings is 1. The number of amides is 1. The van der Waals surface area contributed by atoms with Crippen molar-refractivity contribution in [3.05, 3.63) is 95.1 Å². The summed E-state index contributed by atoms with van der Waals surface area (Å²) in [6.45, 7) is 6.42. The number of sulfonamides is 1. The number of hydrogen-bond acceptors (Lipinski definition) is 5. The van der Waals surface area contributed by atoms with E-state index in [0.29, 0.717) is 17.8 Å². The molecule has 0 radical (unpaired) electrons. The molecular weight excluding hydrogens is 462 g/mol. The molecule has 1 amide bonds. The molecule has 35 heavy (non-hydrogen) atoms. The average Bonchev–Trinajstić information content (AvgIpc) is 2.88. The van der Waals surface area contributed by atoms with E-state index in [9.17, 15) is 13.2 Å². The number of anilines is 1. The van der Waals surface area contributed by atoms with Crippen LogP contribution in [-0.2, 0) is 27.8 Å². The van der Waals surface area contributed by atoms with Crippen LogP contribution in [0.4, 0.5) is 5.69 Å². The molecule has 1 N–H and O–H groups in total. The van der Waals surface area contributed by atoms with Crippen molar-refractivity contribution >= 4 is 21.6 Å². The zero-order chi connectivity index (χ0) is 24.8. The number of aryl methyl sites for hydroxylation is 1. The van der Waals surface area contributed by atoms with Gasteiger partial charge in [-0.15, -0.1) is 0 Å². The lowest BCUT2D eigenvalue weighted by atomic mass is 10.1. The van der Waals surface area contributed by atoms with Gasteiger partial charge in [0.15, 0.2) is 0 Å². The van der Waals surface area contributed by atoms with Crippen LogP contribution in [0.3, 0.4) is 0 Å². The molecule has 1 fully saturated rings. The van der Waals surface area contributed by atoms with Gasteiger partial charge in [0, 0.05) is 33.2 Å². The molecule has 0 spiro atoms. The molecule has 0 aromatic heterocycles. The van der Waals surface area contributed by atoms with Crippen LogP contribution in [0.5, 0.6) is 0 Å². The second-order valence-corrected chi connectivity index (χ2v) is 10.7. The number of hydrogen-bond donors (Lipinski definition) is 1. The fraction of sp³-hybridized carbons (Fsp3) is 0.296. The van der Waals surface area contributed by atoms with Gasteiger partial charge >= 0.3 is 0 Å². The fourth-order valence-electron chi connectivity index (χ4n) is 4.07. The SMILES string of the molecule is Cc1ccc(S(=O)(=O)N(C)c2ccccc2C(=O)NCc2cccc(CN3CCOCC3)c2)cc1. The Bertz CT molecular complexity index is 1270. The van der Waals surface area contributed by atoms with E-state index in [2.05, 4.69) is 22.3 Å². The van der Waals surface area contributed by atoms with Crippen molar-refractivity contribution < 1.29 is 17.9 Å². The minimum Gasteiger partial charge on any atom is -0.379 e. The smallest absolute Gasteiger partial charge is 0.264 e. The van der Waals surface area contributed by atoms with Crippen molar-refractivity contribution in [1.82, 2.24) is 10.2 Å². The fourth-order valence-corrected chi connectivity index (χ4v) is 5.29. The second kappa shape index (κ2) is 11.0. The first-order valence-electron chi connectivity index (χ1n) is 11.7. The van der Waals surface area contributed by atoms with Gasteiger partial charge in [-0.05, 0) is 42.3 Å². The predicted molar refractivity (Wildman–Crippen MR) is 137 cm³/mol. The lowest BCUT2D eigenvalue weighted by molar-refractivity contribution is 0.0342. The van der Waals surface area contributed by atoms with Gasteiger partial charge in [-0.2, -0.15) is 0 Å². The van der Waals surface area contributed by atoms with Crippen molar-refractivity contribution in [3.63, 3.8) is 0 Å². The Balaban J connectivity index is 1.46. The van der Waals surface area contributed by atoms with Crippen LogP contribution in [-0.4, -0.2) is 52.6 Å². The normalized spacial score (nSPS) is 14.5. The highest BCUT2D eigenvalue weighted by molar-refractivity contribution is 7.92.